The van der Waals surface area contributed by atoms with E-state index >= 15 is 0 Å². The van der Waals surface area contributed by atoms with Crippen LogP contribution in [0.5, 0.6) is 0 Å². The van der Waals surface area contributed by atoms with Crippen molar-refractivity contribution in [2.45, 2.75) is 19.3 Å². The molecule has 5 nitrogen and oxygen atoms in total. The van der Waals surface area contributed by atoms with E-state index in [2.05, 4.69) is 10.2 Å². The lowest BCUT2D eigenvalue weighted by Crippen LogP contribution is -2.39. The van der Waals surface area contributed by atoms with Crippen LogP contribution < -0.4 is 10.2 Å². The third kappa shape index (κ3) is 3.97. The Hall–Kier alpha value is -2.04. The number of nitrogens with zero attached hydrogens (tertiary/aromatic N) is 1. The Balaban J connectivity index is 1.78. The molecule has 1 fully saturated rings. The smallest absolute Gasteiger partial charge is 0.307 e. The number of carboxylic acids is 1. The van der Waals surface area contributed by atoms with Gasteiger partial charge in [0.05, 0.1) is 11.8 Å². The Morgan fingerprint density at radius 3 is 2.57 bits per heavy atom. The molecule has 5 heteroatoms. The van der Waals surface area contributed by atoms with Gasteiger partial charge < -0.3 is 15.3 Å². The Morgan fingerprint density at radius 1 is 1.24 bits per heavy atom. The van der Waals surface area contributed by atoms with Crippen LogP contribution >= 0.6 is 0 Å². The zero-order chi connectivity index (χ0) is 15.2. The Labute approximate surface area is 125 Å². The summed E-state index contributed by atoms with van der Waals surface area (Å²) < 4.78 is 0. The first-order valence-electron chi connectivity index (χ1n) is 7.36. The second-order valence-electron chi connectivity index (χ2n) is 5.53. The molecule has 114 valence electrons. The Kier molecular flexibility index (Phi) is 5.20. The normalized spacial score (nSPS) is 21.0. The molecule has 2 rings (SSSR count). The molecule has 0 bridgehead atoms. The van der Waals surface area contributed by atoms with Crippen LogP contribution in [0.25, 0.3) is 0 Å². The molecule has 1 saturated carbocycles. The topological polar surface area (TPSA) is 69.6 Å². The number of amides is 1. The summed E-state index contributed by atoms with van der Waals surface area (Å²) >= 11 is 0. The van der Waals surface area contributed by atoms with Crippen molar-refractivity contribution in [3.63, 3.8) is 0 Å². The number of carboxylic acid groups (broad SMARTS) is 1. The van der Waals surface area contributed by atoms with Crippen molar-refractivity contribution in [3.8, 4) is 0 Å². The average Bonchev–Trinajstić information content (AvgIpc) is 2.97. The lowest BCUT2D eigenvalue weighted by Gasteiger charge is -2.21. The van der Waals surface area contributed by atoms with Crippen LogP contribution in [0.2, 0.25) is 0 Å². The van der Waals surface area contributed by atoms with E-state index < -0.39 is 11.9 Å². The van der Waals surface area contributed by atoms with E-state index in [9.17, 15) is 9.59 Å². The highest BCUT2D eigenvalue weighted by Gasteiger charge is 2.37. The minimum atomic E-state index is -0.853. The van der Waals surface area contributed by atoms with Gasteiger partial charge in [0.1, 0.15) is 0 Å². The highest BCUT2D eigenvalue weighted by atomic mass is 16.4. The van der Waals surface area contributed by atoms with Crippen LogP contribution in [0.15, 0.2) is 30.3 Å². The molecule has 1 aliphatic rings. The van der Waals surface area contributed by atoms with E-state index in [0.29, 0.717) is 25.9 Å². The number of hydrogen-bond acceptors (Lipinski definition) is 3. The van der Waals surface area contributed by atoms with Gasteiger partial charge in [-0.2, -0.15) is 0 Å². The molecular weight excluding hydrogens is 268 g/mol. The summed E-state index contributed by atoms with van der Waals surface area (Å²) in [6, 6.07) is 9.94. The largest absolute Gasteiger partial charge is 0.481 e. The Bertz CT molecular complexity index is 490. The lowest BCUT2D eigenvalue weighted by molar-refractivity contribution is -0.146. The quantitative estimate of drug-likeness (QED) is 0.837. The van der Waals surface area contributed by atoms with Crippen molar-refractivity contribution in [2.75, 3.05) is 25.0 Å². The number of hydrogen-bond donors (Lipinski definition) is 2. The van der Waals surface area contributed by atoms with Gasteiger partial charge in [0.25, 0.3) is 0 Å². The van der Waals surface area contributed by atoms with Gasteiger partial charge in [-0.15, -0.1) is 0 Å². The number of anilines is 1. The minimum absolute atomic E-state index is 0.124. The van der Waals surface area contributed by atoms with Gasteiger partial charge in [-0.3, -0.25) is 9.59 Å². The summed E-state index contributed by atoms with van der Waals surface area (Å²) in [6.45, 7) is 1.22. The van der Waals surface area contributed by atoms with Crippen molar-refractivity contribution in [3.05, 3.63) is 30.3 Å². The molecule has 0 heterocycles. The number of carbonyl (C=O) groups excluding carboxylic acids is 1. The molecule has 1 aromatic carbocycles. The molecule has 0 aromatic heterocycles. The predicted molar refractivity (Wildman–Crippen MR) is 81.2 cm³/mol. The van der Waals surface area contributed by atoms with Gasteiger partial charge in [0.15, 0.2) is 0 Å². The summed E-state index contributed by atoms with van der Waals surface area (Å²) in [5, 5.41) is 12.0. The highest BCUT2D eigenvalue weighted by Crippen LogP contribution is 2.31. The standard InChI is InChI=1S/C16H22N2O3/c1-18(12-6-3-2-4-7-12)11-10-17-15(19)13-8-5-9-14(13)16(20)21/h2-4,6-7,13-14H,5,8-11H2,1H3,(H,17,19)(H,20,21). The van der Waals surface area contributed by atoms with Crippen LogP contribution in [0, 0.1) is 11.8 Å². The molecular formula is C16H22N2O3. The molecule has 1 aliphatic carbocycles. The molecule has 1 aromatic rings. The van der Waals surface area contributed by atoms with E-state index in [1.54, 1.807) is 0 Å². The zero-order valence-electron chi connectivity index (χ0n) is 12.3. The van der Waals surface area contributed by atoms with E-state index in [-0.39, 0.29) is 11.8 Å². The highest BCUT2D eigenvalue weighted by molar-refractivity contribution is 5.85. The van der Waals surface area contributed by atoms with Gasteiger partial charge >= 0.3 is 5.97 Å². The van der Waals surface area contributed by atoms with Crippen molar-refractivity contribution in [2.24, 2.45) is 11.8 Å². The average molecular weight is 290 g/mol. The first kappa shape index (κ1) is 15.4. The fraction of sp³-hybridized carbons (Fsp3) is 0.500. The summed E-state index contributed by atoms with van der Waals surface area (Å²) in [5.74, 6) is -1.86. The summed E-state index contributed by atoms with van der Waals surface area (Å²) in [6.07, 6.45) is 2.10. The molecule has 2 unspecified atom stereocenters. The van der Waals surface area contributed by atoms with E-state index in [0.717, 1.165) is 12.1 Å². The predicted octanol–water partition coefficient (Wildman–Crippen LogP) is 1.74. The molecule has 1 amide bonds. The van der Waals surface area contributed by atoms with Crippen LogP contribution in [0.1, 0.15) is 19.3 Å². The second-order valence-corrected chi connectivity index (χ2v) is 5.53. The molecule has 0 aliphatic heterocycles. The van der Waals surface area contributed by atoms with Crippen LogP contribution in [0.3, 0.4) is 0 Å². The third-order valence-electron chi connectivity index (χ3n) is 4.11. The van der Waals surface area contributed by atoms with Gasteiger partial charge in [0, 0.05) is 25.8 Å². The third-order valence-corrected chi connectivity index (χ3v) is 4.11. The molecule has 0 radical (unpaired) electrons. The van der Waals surface area contributed by atoms with E-state index in [1.807, 2.05) is 37.4 Å². The van der Waals surface area contributed by atoms with Gasteiger partial charge in [-0.1, -0.05) is 24.6 Å². The molecule has 2 N–H and O–H groups in total. The lowest BCUT2D eigenvalue weighted by atomic mass is 9.95. The maximum absolute atomic E-state index is 12.1. The van der Waals surface area contributed by atoms with Gasteiger partial charge in [0.2, 0.25) is 5.91 Å². The Morgan fingerprint density at radius 2 is 1.90 bits per heavy atom. The number of benzene rings is 1. The van der Waals surface area contributed by atoms with Crippen LogP contribution in [0.4, 0.5) is 5.69 Å². The van der Waals surface area contributed by atoms with E-state index in [1.165, 1.54) is 0 Å². The van der Waals surface area contributed by atoms with Crippen molar-refractivity contribution in [1.29, 1.82) is 0 Å². The fourth-order valence-corrected chi connectivity index (χ4v) is 2.86. The fourth-order valence-electron chi connectivity index (χ4n) is 2.86. The number of aliphatic carboxylic acids is 1. The van der Waals surface area contributed by atoms with Gasteiger partial charge in [-0.05, 0) is 25.0 Å². The summed E-state index contributed by atoms with van der Waals surface area (Å²) in [5.41, 5.74) is 1.09. The molecule has 21 heavy (non-hydrogen) atoms. The monoisotopic (exact) mass is 290 g/mol. The first-order valence-corrected chi connectivity index (χ1v) is 7.36. The second kappa shape index (κ2) is 7.11. The van der Waals surface area contributed by atoms with Crippen molar-refractivity contribution in [1.82, 2.24) is 5.32 Å². The number of para-hydroxylation sites is 1. The van der Waals surface area contributed by atoms with Crippen molar-refractivity contribution < 1.29 is 14.7 Å². The maximum atomic E-state index is 12.1. The van der Waals surface area contributed by atoms with Crippen LogP contribution in [-0.4, -0.2) is 37.1 Å². The zero-order valence-corrected chi connectivity index (χ0v) is 12.3. The minimum Gasteiger partial charge on any atom is -0.481 e. The summed E-state index contributed by atoms with van der Waals surface area (Å²) in [4.78, 5) is 25.2. The maximum Gasteiger partial charge on any atom is 0.307 e. The first-order chi connectivity index (χ1) is 10.1. The molecule has 0 spiro atoms. The summed E-state index contributed by atoms with van der Waals surface area (Å²) in [7, 11) is 1.97. The SMILES string of the molecule is CN(CCNC(=O)C1CCCC1C(=O)O)c1ccccc1. The van der Waals surface area contributed by atoms with E-state index in [4.69, 9.17) is 5.11 Å². The number of nitrogens with one attached hydrogen (secondary N) is 1. The molecule has 2 atom stereocenters. The van der Waals surface area contributed by atoms with Crippen LogP contribution in [-0.2, 0) is 9.59 Å². The molecule has 0 saturated heterocycles. The number of likely N-dealkylation sites (N-methyl/N-ethyl adjacent to an activating group) is 1. The number of rotatable bonds is 6. The van der Waals surface area contributed by atoms with Crippen molar-refractivity contribution >= 4 is 17.6 Å². The number of carbonyl (C=O) groups is 2. The van der Waals surface area contributed by atoms with Gasteiger partial charge in [-0.25, -0.2) is 0 Å².